The highest BCUT2D eigenvalue weighted by Gasteiger charge is 2.15. The van der Waals surface area contributed by atoms with E-state index in [0.29, 0.717) is 29.2 Å². The van der Waals surface area contributed by atoms with Gasteiger partial charge in [-0.15, -0.1) is 34.0 Å². The molecule has 8 aromatic rings. The number of hydrogen-bond acceptors (Lipinski definition) is 14. The van der Waals surface area contributed by atoms with Gasteiger partial charge in [0.1, 0.15) is 27.6 Å². The van der Waals surface area contributed by atoms with Crippen LogP contribution in [0, 0.1) is 6.92 Å². The molecule has 8 aromatic heterocycles. The molecule has 8 heterocycles. The van der Waals surface area contributed by atoms with Gasteiger partial charge in [-0.25, -0.2) is 29.9 Å². The lowest BCUT2D eigenvalue weighted by atomic mass is 10.2. The number of anilines is 2. The number of nitrogens with two attached hydrogens (primary N) is 2. The maximum Gasteiger partial charge on any atom is 0.264 e. The minimum absolute atomic E-state index is 0.371. The highest BCUT2D eigenvalue weighted by molar-refractivity contribution is 7.19. The molecule has 0 saturated carbocycles. The van der Waals surface area contributed by atoms with Crippen LogP contribution in [0.5, 0.6) is 0 Å². The van der Waals surface area contributed by atoms with E-state index in [9.17, 15) is 0 Å². The van der Waals surface area contributed by atoms with E-state index in [1.807, 2.05) is 68.7 Å². The van der Waals surface area contributed by atoms with Crippen LogP contribution in [0.2, 0.25) is 0 Å². The lowest BCUT2D eigenvalue weighted by molar-refractivity contribution is 0.569. The molecule has 47 heavy (non-hydrogen) atoms. The molecular weight excluding hydrogens is 649 g/mol. The first kappa shape index (κ1) is 31.8. The van der Waals surface area contributed by atoms with Crippen molar-refractivity contribution in [1.82, 2.24) is 39.9 Å². The number of aromatic nitrogens is 8. The summed E-state index contributed by atoms with van der Waals surface area (Å²) in [5.74, 6) is 2.31. The maximum absolute atomic E-state index is 6.12. The third-order valence-electron chi connectivity index (χ3n) is 6.56. The molecule has 0 fully saturated rings. The number of hydrogen-bond donors (Lipinski definition) is 2. The van der Waals surface area contributed by atoms with Crippen molar-refractivity contribution in [2.45, 2.75) is 33.6 Å². The fraction of sp³-hybridized carbons (Fsp3) is 0.152. The Morgan fingerprint density at radius 1 is 0.745 bits per heavy atom. The lowest BCUT2D eigenvalue weighted by Crippen LogP contribution is -1.95. The van der Waals surface area contributed by atoms with Crippen molar-refractivity contribution in [3.05, 3.63) is 106 Å². The number of thiazole rings is 1. The normalized spacial score (nSPS) is 10.8. The smallest absolute Gasteiger partial charge is 0.264 e. The Kier molecular flexibility index (Phi) is 9.80. The second-order valence-electron chi connectivity index (χ2n) is 9.90. The average molecular weight is 679 g/mol. The third kappa shape index (κ3) is 7.46. The molecule has 0 amide bonds. The number of fused-ring (bicyclic) bond motifs is 2. The fourth-order valence-corrected chi connectivity index (χ4v) is 7.38. The maximum atomic E-state index is 6.12. The quantitative estimate of drug-likeness (QED) is 0.177. The Labute approximate surface area is 282 Å². The lowest BCUT2D eigenvalue weighted by Gasteiger charge is -1.98. The van der Waals surface area contributed by atoms with E-state index in [1.54, 1.807) is 41.3 Å². The molecule has 4 N–H and O–H groups in total. The van der Waals surface area contributed by atoms with E-state index in [-0.39, 0.29) is 0 Å². The van der Waals surface area contributed by atoms with Crippen LogP contribution in [0.3, 0.4) is 0 Å². The number of aryl methyl sites for hydroxylation is 1. The monoisotopic (exact) mass is 678 g/mol. The Bertz CT molecular complexity index is 2210. The summed E-state index contributed by atoms with van der Waals surface area (Å²) >= 11 is 4.75. The van der Waals surface area contributed by atoms with E-state index in [2.05, 4.69) is 45.9 Å². The molecule has 0 atom stereocenters. The van der Waals surface area contributed by atoms with Gasteiger partial charge in [-0.2, -0.15) is 0 Å². The summed E-state index contributed by atoms with van der Waals surface area (Å²) < 4.78 is 5.23. The van der Waals surface area contributed by atoms with E-state index in [1.165, 1.54) is 22.5 Å². The van der Waals surface area contributed by atoms with Crippen LogP contribution in [0.15, 0.2) is 83.3 Å². The molecule has 0 saturated heterocycles. The molecule has 0 spiro atoms. The number of nitrogens with zero attached hydrogens (tertiary/aromatic N) is 8. The van der Waals surface area contributed by atoms with E-state index >= 15 is 0 Å². The molecule has 0 unspecified atom stereocenters. The Balaban J connectivity index is 0.000000156. The molecule has 0 bridgehead atoms. The van der Waals surface area contributed by atoms with Crippen LogP contribution >= 0.6 is 34.0 Å². The van der Waals surface area contributed by atoms with Gasteiger partial charge >= 0.3 is 0 Å². The van der Waals surface area contributed by atoms with Crippen LogP contribution in [0.4, 0.5) is 11.6 Å². The minimum Gasteiger partial charge on any atom is -0.442 e. The zero-order chi connectivity index (χ0) is 32.8. The summed E-state index contributed by atoms with van der Waals surface area (Å²) in [5, 5.41) is 4.55. The van der Waals surface area contributed by atoms with Gasteiger partial charge in [0.05, 0.1) is 17.0 Å². The Morgan fingerprint density at radius 2 is 1.47 bits per heavy atom. The molecule has 8 rings (SSSR count). The van der Waals surface area contributed by atoms with Crippen LogP contribution in [0.25, 0.3) is 43.0 Å². The van der Waals surface area contributed by atoms with Gasteiger partial charge in [0.25, 0.3) is 5.89 Å². The largest absolute Gasteiger partial charge is 0.442 e. The predicted molar refractivity (Wildman–Crippen MR) is 190 cm³/mol. The molecule has 0 aliphatic heterocycles. The van der Waals surface area contributed by atoms with Crippen molar-refractivity contribution in [2.24, 2.45) is 0 Å². The zero-order valence-electron chi connectivity index (χ0n) is 25.8. The molecule has 11 nitrogen and oxygen atoms in total. The summed E-state index contributed by atoms with van der Waals surface area (Å²) in [6, 6.07) is 14.0. The Hall–Kier alpha value is -5.18. The summed E-state index contributed by atoms with van der Waals surface area (Å²) in [5.41, 5.74) is 15.3. The topological polar surface area (TPSA) is 168 Å². The Morgan fingerprint density at radius 3 is 2.09 bits per heavy atom. The fourth-order valence-electron chi connectivity index (χ4n) is 4.53. The first-order valence-corrected chi connectivity index (χ1v) is 17.2. The van der Waals surface area contributed by atoms with Crippen molar-refractivity contribution in [1.29, 1.82) is 0 Å². The van der Waals surface area contributed by atoms with Gasteiger partial charge in [0, 0.05) is 58.0 Å². The highest BCUT2D eigenvalue weighted by Crippen LogP contribution is 2.32. The standard InChI is InChI=1S/C16H13N5S2.C15H11N5OS.C2H6/c1-9-8-22-16(19-9)14-20-13(17)12-7-11(23-15(12)21-14)6-10-4-2-3-5-18-10;16-12-11-7-10(6-9-2-1-3-17-8-9)22-15(11)20-13(19-12)14-18-4-5-21-14;1-2/h2-5,7-8H,6H2,1H3,(H2,17,20,21);1-5,7-8H,6H2,(H2,16,19,20);1-2H3. The molecule has 0 radical (unpaired) electrons. The van der Waals surface area contributed by atoms with Gasteiger partial charge in [-0.1, -0.05) is 26.0 Å². The van der Waals surface area contributed by atoms with Gasteiger partial charge in [-0.05, 0) is 42.8 Å². The molecular formula is C33H30N10OS3. The van der Waals surface area contributed by atoms with Crippen LogP contribution in [0.1, 0.15) is 40.6 Å². The van der Waals surface area contributed by atoms with Crippen molar-refractivity contribution in [3.63, 3.8) is 0 Å². The van der Waals surface area contributed by atoms with Gasteiger partial charge in [0.15, 0.2) is 10.8 Å². The average Bonchev–Trinajstić information content (AvgIpc) is 3.91. The molecule has 236 valence electrons. The minimum atomic E-state index is 0.371. The van der Waals surface area contributed by atoms with Crippen LogP contribution in [-0.4, -0.2) is 39.9 Å². The summed E-state index contributed by atoms with van der Waals surface area (Å²) in [7, 11) is 0. The summed E-state index contributed by atoms with van der Waals surface area (Å²) in [6.07, 6.45) is 10.0. The number of thiophene rings is 2. The van der Waals surface area contributed by atoms with Gasteiger partial charge in [0.2, 0.25) is 5.82 Å². The second kappa shape index (κ2) is 14.5. The first-order chi connectivity index (χ1) is 23.0. The molecule has 0 aliphatic carbocycles. The number of rotatable bonds is 6. The van der Waals surface area contributed by atoms with E-state index < -0.39 is 0 Å². The summed E-state index contributed by atoms with van der Waals surface area (Å²) in [4.78, 5) is 38.9. The number of pyridine rings is 2. The summed E-state index contributed by atoms with van der Waals surface area (Å²) in [6.45, 7) is 5.96. The zero-order valence-corrected chi connectivity index (χ0v) is 28.2. The first-order valence-electron chi connectivity index (χ1n) is 14.7. The number of oxazole rings is 1. The van der Waals surface area contributed by atoms with Crippen LogP contribution in [-0.2, 0) is 12.8 Å². The second-order valence-corrected chi connectivity index (χ2v) is 13.0. The molecule has 0 aromatic carbocycles. The van der Waals surface area contributed by atoms with Crippen LogP contribution < -0.4 is 11.5 Å². The SMILES string of the molecule is CC.Cc1csc(-c2nc(N)c3cc(Cc4ccccn4)sc3n2)n1.Nc1nc(-c2ncco2)nc2sc(Cc3cccnc3)cc12. The molecule has 0 aliphatic rings. The molecule has 14 heteroatoms. The van der Waals surface area contributed by atoms with Crippen molar-refractivity contribution in [2.75, 3.05) is 11.5 Å². The van der Waals surface area contributed by atoms with Gasteiger partial charge < -0.3 is 15.9 Å². The van der Waals surface area contributed by atoms with Crippen molar-refractivity contribution < 1.29 is 4.42 Å². The number of nitrogen functional groups attached to an aromatic ring is 2. The van der Waals surface area contributed by atoms with Crippen molar-refractivity contribution >= 4 is 66.1 Å². The van der Waals surface area contributed by atoms with Gasteiger partial charge in [-0.3, -0.25) is 9.97 Å². The third-order valence-corrected chi connectivity index (χ3v) is 9.58. The highest BCUT2D eigenvalue weighted by atomic mass is 32.1. The predicted octanol–water partition coefficient (Wildman–Crippen LogP) is 7.63. The van der Waals surface area contributed by atoms with Crippen molar-refractivity contribution in [3.8, 4) is 22.5 Å². The van der Waals surface area contributed by atoms with E-state index in [0.717, 1.165) is 60.1 Å². The van der Waals surface area contributed by atoms with E-state index in [4.69, 9.17) is 15.9 Å².